The Balaban J connectivity index is 2.45. The summed E-state index contributed by atoms with van der Waals surface area (Å²) in [5.74, 6) is 0.414. The average molecular weight is 269 g/mol. The van der Waals surface area contributed by atoms with Gasteiger partial charge in [-0.3, -0.25) is 14.5 Å². The third kappa shape index (κ3) is 4.82. The monoisotopic (exact) mass is 269 g/mol. The number of rotatable bonds is 5. The number of likely N-dealkylation sites (N-methyl/N-ethyl adjacent to an activating group) is 1. The van der Waals surface area contributed by atoms with Crippen molar-refractivity contribution in [3.05, 3.63) is 0 Å². The minimum Gasteiger partial charge on any atom is -0.342 e. The molecule has 5 nitrogen and oxygen atoms in total. The topological polar surface area (TPSA) is 43.9 Å². The van der Waals surface area contributed by atoms with Crippen LogP contribution in [0.4, 0.5) is 0 Å². The summed E-state index contributed by atoms with van der Waals surface area (Å²) in [5, 5.41) is 0. The van der Waals surface area contributed by atoms with Gasteiger partial charge in [-0.25, -0.2) is 0 Å². The van der Waals surface area contributed by atoms with Gasteiger partial charge in [0.25, 0.3) is 0 Å². The van der Waals surface area contributed by atoms with Crippen molar-refractivity contribution in [3.63, 3.8) is 0 Å². The van der Waals surface area contributed by atoms with Crippen LogP contribution in [0.1, 0.15) is 33.6 Å². The third-order valence-electron chi connectivity index (χ3n) is 3.72. The van der Waals surface area contributed by atoms with Gasteiger partial charge in [-0.1, -0.05) is 6.92 Å². The van der Waals surface area contributed by atoms with E-state index in [1.165, 1.54) is 0 Å². The fourth-order valence-corrected chi connectivity index (χ4v) is 2.47. The first kappa shape index (κ1) is 16.0. The molecule has 0 N–H and O–H groups in total. The molecule has 0 spiro atoms. The molecule has 0 unspecified atom stereocenters. The number of hydrogen-bond acceptors (Lipinski definition) is 3. The second-order valence-corrected chi connectivity index (χ2v) is 4.93. The lowest BCUT2D eigenvalue weighted by molar-refractivity contribution is -0.132. The summed E-state index contributed by atoms with van der Waals surface area (Å²) in [4.78, 5) is 29.7. The molecular formula is C14H27N3O2. The maximum absolute atomic E-state index is 12.1. The van der Waals surface area contributed by atoms with E-state index in [9.17, 15) is 9.59 Å². The van der Waals surface area contributed by atoms with Crippen LogP contribution in [-0.4, -0.2) is 72.3 Å². The van der Waals surface area contributed by atoms with Crippen molar-refractivity contribution in [3.8, 4) is 0 Å². The van der Waals surface area contributed by atoms with Crippen molar-refractivity contribution in [2.24, 2.45) is 0 Å². The van der Waals surface area contributed by atoms with Crippen LogP contribution in [0.5, 0.6) is 0 Å². The second kappa shape index (κ2) is 8.15. The molecule has 0 aromatic heterocycles. The highest BCUT2D eigenvalue weighted by atomic mass is 16.2. The molecule has 0 aliphatic carbocycles. The van der Waals surface area contributed by atoms with Crippen LogP contribution in [0.3, 0.4) is 0 Å². The summed E-state index contributed by atoms with van der Waals surface area (Å²) in [6, 6.07) is 0. The molecule has 0 aromatic rings. The van der Waals surface area contributed by atoms with Crippen molar-refractivity contribution < 1.29 is 9.59 Å². The third-order valence-corrected chi connectivity index (χ3v) is 3.72. The summed E-state index contributed by atoms with van der Waals surface area (Å²) >= 11 is 0. The molecular weight excluding hydrogens is 242 g/mol. The Morgan fingerprint density at radius 3 is 2.26 bits per heavy atom. The highest BCUT2D eigenvalue weighted by molar-refractivity contribution is 5.78. The Hall–Kier alpha value is -1.10. The molecule has 110 valence electrons. The van der Waals surface area contributed by atoms with Gasteiger partial charge in [0.1, 0.15) is 0 Å². The van der Waals surface area contributed by atoms with E-state index in [1.807, 2.05) is 30.6 Å². The zero-order valence-electron chi connectivity index (χ0n) is 12.5. The van der Waals surface area contributed by atoms with Crippen LogP contribution in [-0.2, 0) is 9.59 Å². The smallest absolute Gasteiger partial charge is 0.236 e. The van der Waals surface area contributed by atoms with Crippen LogP contribution < -0.4 is 0 Å². The molecule has 1 heterocycles. The van der Waals surface area contributed by atoms with Gasteiger partial charge < -0.3 is 9.80 Å². The van der Waals surface area contributed by atoms with Crippen molar-refractivity contribution in [1.82, 2.24) is 14.7 Å². The van der Waals surface area contributed by atoms with Gasteiger partial charge in [0.15, 0.2) is 0 Å². The summed E-state index contributed by atoms with van der Waals surface area (Å²) in [6.45, 7) is 11.2. The lowest BCUT2D eigenvalue weighted by Gasteiger charge is -2.25. The fourth-order valence-electron chi connectivity index (χ4n) is 2.47. The molecule has 1 rings (SSSR count). The summed E-state index contributed by atoms with van der Waals surface area (Å²) < 4.78 is 0. The average Bonchev–Trinajstić information content (AvgIpc) is 2.65. The van der Waals surface area contributed by atoms with Gasteiger partial charge in [0, 0.05) is 45.7 Å². The number of nitrogens with zero attached hydrogens (tertiary/aromatic N) is 3. The van der Waals surface area contributed by atoms with Crippen LogP contribution in [0, 0.1) is 0 Å². The predicted octanol–water partition coefficient (Wildman–Crippen LogP) is 0.799. The van der Waals surface area contributed by atoms with Gasteiger partial charge in [0.05, 0.1) is 6.54 Å². The quantitative estimate of drug-likeness (QED) is 0.741. The Bertz CT molecular complexity index is 303. The first-order valence-electron chi connectivity index (χ1n) is 7.40. The largest absolute Gasteiger partial charge is 0.342 e. The second-order valence-electron chi connectivity index (χ2n) is 4.93. The number of hydrogen-bond donors (Lipinski definition) is 0. The van der Waals surface area contributed by atoms with E-state index in [1.54, 1.807) is 0 Å². The van der Waals surface area contributed by atoms with Crippen molar-refractivity contribution in [2.75, 3.05) is 45.8 Å². The summed E-state index contributed by atoms with van der Waals surface area (Å²) in [5.41, 5.74) is 0. The van der Waals surface area contributed by atoms with E-state index in [2.05, 4.69) is 4.90 Å². The highest BCUT2D eigenvalue weighted by Gasteiger charge is 2.20. The SMILES string of the molecule is CCC(=O)N1CCCN(CC(=O)N(CC)CC)CC1. The molecule has 1 aliphatic rings. The maximum Gasteiger partial charge on any atom is 0.236 e. The molecule has 0 radical (unpaired) electrons. The fraction of sp³-hybridized carbons (Fsp3) is 0.857. The Morgan fingerprint density at radius 2 is 1.68 bits per heavy atom. The highest BCUT2D eigenvalue weighted by Crippen LogP contribution is 2.05. The molecule has 0 aromatic carbocycles. The van der Waals surface area contributed by atoms with Crippen molar-refractivity contribution in [1.29, 1.82) is 0 Å². The Morgan fingerprint density at radius 1 is 1.00 bits per heavy atom. The zero-order chi connectivity index (χ0) is 14.3. The molecule has 1 fully saturated rings. The van der Waals surface area contributed by atoms with E-state index in [4.69, 9.17) is 0 Å². The normalized spacial score (nSPS) is 17.1. The van der Waals surface area contributed by atoms with E-state index in [0.29, 0.717) is 13.0 Å². The van der Waals surface area contributed by atoms with Gasteiger partial charge in [-0.15, -0.1) is 0 Å². The van der Waals surface area contributed by atoms with Crippen LogP contribution >= 0.6 is 0 Å². The van der Waals surface area contributed by atoms with Gasteiger partial charge in [-0.05, 0) is 20.3 Å². The number of carbonyl (C=O) groups is 2. The molecule has 1 saturated heterocycles. The van der Waals surface area contributed by atoms with Crippen LogP contribution in [0.15, 0.2) is 0 Å². The number of carbonyl (C=O) groups excluding carboxylic acids is 2. The van der Waals surface area contributed by atoms with Gasteiger partial charge in [0.2, 0.25) is 11.8 Å². The minimum atomic E-state index is 0.195. The van der Waals surface area contributed by atoms with Gasteiger partial charge >= 0.3 is 0 Å². The molecule has 0 saturated carbocycles. The Labute approximate surface area is 116 Å². The first-order chi connectivity index (χ1) is 9.12. The predicted molar refractivity (Wildman–Crippen MR) is 75.9 cm³/mol. The van der Waals surface area contributed by atoms with Crippen molar-refractivity contribution in [2.45, 2.75) is 33.6 Å². The van der Waals surface area contributed by atoms with E-state index < -0.39 is 0 Å². The lowest BCUT2D eigenvalue weighted by Crippen LogP contribution is -2.42. The van der Waals surface area contributed by atoms with Gasteiger partial charge in [-0.2, -0.15) is 0 Å². The molecule has 5 heteroatoms. The number of amides is 2. The Kier molecular flexibility index (Phi) is 6.84. The zero-order valence-corrected chi connectivity index (χ0v) is 12.5. The van der Waals surface area contributed by atoms with E-state index in [0.717, 1.165) is 45.7 Å². The minimum absolute atomic E-state index is 0.195. The summed E-state index contributed by atoms with van der Waals surface area (Å²) in [7, 11) is 0. The lowest BCUT2D eigenvalue weighted by atomic mass is 10.3. The maximum atomic E-state index is 12.1. The standard InChI is InChI=1S/C14H27N3O2/c1-4-13(18)17-9-7-8-15(10-11-17)12-14(19)16(5-2)6-3/h4-12H2,1-3H3. The van der Waals surface area contributed by atoms with Crippen LogP contribution in [0.25, 0.3) is 0 Å². The summed E-state index contributed by atoms with van der Waals surface area (Å²) in [6.07, 6.45) is 1.52. The van der Waals surface area contributed by atoms with E-state index in [-0.39, 0.29) is 11.8 Å². The molecule has 19 heavy (non-hydrogen) atoms. The molecule has 0 bridgehead atoms. The van der Waals surface area contributed by atoms with E-state index >= 15 is 0 Å². The molecule has 0 atom stereocenters. The van der Waals surface area contributed by atoms with Crippen LogP contribution in [0.2, 0.25) is 0 Å². The molecule has 2 amide bonds. The first-order valence-corrected chi connectivity index (χ1v) is 7.40. The van der Waals surface area contributed by atoms with Crippen molar-refractivity contribution >= 4 is 11.8 Å². The molecule has 1 aliphatic heterocycles.